The molecular weight excluding hydrogens is 278 g/mol. The topological polar surface area (TPSA) is 88.2 Å². The van der Waals surface area contributed by atoms with Crippen molar-refractivity contribution in [3.8, 4) is 0 Å². The van der Waals surface area contributed by atoms with Crippen molar-refractivity contribution < 1.29 is 13.2 Å². The van der Waals surface area contributed by atoms with E-state index in [1.54, 1.807) is 6.07 Å². The highest BCUT2D eigenvalue weighted by molar-refractivity contribution is 7.90. The summed E-state index contributed by atoms with van der Waals surface area (Å²) in [6.07, 6.45) is 4.05. The summed E-state index contributed by atoms with van der Waals surface area (Å²) in [6, 6.07) is 2.96. The van der Waals surface area contributed by atoms with Gasteiger partial charge in [0.15, 0.2) is 14.9 Å². The molecule has 2 N–H and O–H groups in total. The molecule has 0 bridgehead atoms. The molecule has 0 radical (unpaired) electrons. The van der Waals surface area contributed by atoms with Crippen LogP contribution in [0.25, 0.3) is 0 Å². The first-order valence-corrected chi connectivity index (χ1v) is 8.39. The first kappa shape index (κ1) is 14.9. The summed E-state index contributed by atoms with van der Waals surface area (Å²) in [5.74, 6) is -0.0482. The van der Waals surface area contributed by atoms with E-state index in [1.165, 1.54) is 12.3 Å². The monoisotopic (exact) mass is 297 g/mol. The zero-order valence-corrected chi connectivity index (χ0v) is 12.5. The van der Waals surface area contributed by atoms with Crippen molar-refractivity contribution in [2.75, 3.05) is 24.7 Å². The number of nitrogens with one attached hydrogen (secondary N) is 2. The third-order valence-electron chi connectivity index (χ3n) is 3.63. The van der Waals surface area contributed by atoms with Crippen molar-refractivity contribution in [2.24, 2.45) is 5.41 Å². The molecule has 110 valence electrons. The summed E-state index contributed by atoms with van der Waals surface area (Å²) in [7, 11) is -3.31. The Kier molecular flexibility index (Phi) is 4.10. The molecule has 1 fully saturated rings. The van der Waals surface area contributed by atoms with Crippen LogP contribution in [0.15, 0.2) is 23.4 Å². The average Bonchev–Trinajstić information content (AvgIpc) is 2.39. The minimum absolute atomic E-state index is 0.00331. The fourth-order valence-electron chi connectivity index (χ4n) is 2.16. The second-order valence-corrected chi connectivity index (χ2v) is 7.38. The SMILES string of the molecule is CC1(C(=O)Nc2ccc(S(C)(=O)=O)nc2)CCNCC1. The molecular formula is C13H19N3O3S. The molecule has 7 heteroatoms. The van der Waals surface area contributed by atoms with Crippen molar-refractivity contribution >= 4 is 21.4 Å². The van der Waals surface area contributed by atoms with E-state index in [0.717, 1.165) is 32.2 Å². The van der Waals surface area contributed by atoms with E-state index in [2.05, 4.69) is 15.6 Å². The van der Waals surface area contributed by atoms with Gasteiger partial charge in [0.1, 0.15) is 0 Å². The van der Waals surface area contributed by atoms with Crippen LogP contribution in [0.2, 0.25) is 0 Å². The standard InChI is InChI=1S/C13H19N3O3S/c1-13(5-7-14-8-6-13)12(17)16-10-3-4-11(15-9-10)20(2,18)19/h3-4,9,14H,5-8H2,1-2H3,(H,16,17). The van der Waals surface area contributed by atoms with Gasteiger partial charge >= 0.3 is 0 Å². The number of pyridine rings is 1. The molecule has 0 saturated carbocycles. The first-order valence-electron chi connectivity index (χ1n) is 6.50. The molecule has 1 aromatic heterocycles. The molecule has 0 spiro atoms. The van der Waals surface area contributed by atoms with Gasteiger partial charge in [0.2, 0.25) is 5.91 Å². The molecule has 1 amide bonds. The number of piperidine rings is 1. The maximum Gasteiger partial charge on any atom is 0.230 e. The van der Waals surface area contributed by atoms with Crippen LogP contribution < -0.4 is 10.6 Å². The average molecular weight is 297 g/mol. The van der Waals surface area contributed by atoms with Gasteiger partial charge in [0.25, 0.3) is 0 Å². The molecule has 0 aromatic carbocycles. The Morgan fingerprint density at radius 2 is 2.00 bits per heavy atom. The number of sulfone groups is 1. The number of aromatic nitrogens is 1. The van der Waals surface area contributed by atoms with Gasteiger partial charge in [-0.05, 0) is 38.1 Å². The summed E-state index contributed by atoms with van der Waals surface area (Å²) in [5.41, 5.74) is 0.128. The molecule has 0 unspecified atom stereocenters. The Labute approximate surface area is 118 Å². The maximum atomic E-state index is 12.3. The lowest BCUT2D eigenvalue weighted by atomic mass is 9.80. The van der Waals surface area contributed by atoms with Crippen LogP contribution in [0.3, 0.4) is 0 Å². The highest BCUT2D eigenvalue weighted by Gasteiger charge is 2.34. The number of carbonyl (C=O) groups is 1. The Balaban J connectivity index is 2.08. The molecule has 1 aliphatic rings. The molecule has 0 aliphatic carbocycles. The predicted molar refractivity (Wildman–Crippen MR) is 76.2 cm³/mol. The Hall–Kier alpha value is -1.47. The Morgan fingerprint density at radius 1 is 1.35 bits per heavy atom. The van der Waals surface area contributed by atoms with E-state index < -0.39 is 9.84 Å². The number of carbonyl (C=O) groups excluding carboxylic acids is 1. The van der Waals surface area contributed by atoms with Crippen LogP contribution in [0.5, 0.6) is 0 Å². The molecule has 1 saturated heterocycles. The van der Waals surface area contributed by atoms with Gasteiger partial charge < -0.3 is 10.6 Å². The van der Waals surface area contributed by atoms with E-state index in [-0.39, 0.29) is 16.3 Å². The quantitative estimate of drug-likeness (QED) is 0.862. The molecule has 6 nitrogen and oxygen atoms in total. The summed E-state index contributed by atoms with van der Waals surface area (Å²) >= 11 is 0. The second-order valence-electron chi connectivity index (χ2n) is 5.42. The summed E-state index contributed by atoms with van der Waals surface area (Å²) in [4.78, 5) is 16.1. The van der Waals surface area contributed by atoms with Crippen LogP contribution in [-0.2, 0) is 14.6 Å². The number of hydrogen-bond acceptors (Lipinski definition) is 5. The zero-order valence-electron chi connectivity index (χ0n) is 11.6. The molecule has 1 aliphatic heterocycles. The summed E-state index contributed by atoms with van der Waals surface area (Å²) in [6.45, 7) is 3.60. The minimum Gasteiger partial charge on any atom is -0.324 e. The molecule has 1 aromatic rings. The van der Waals surface area contributed by atoms with Crippen molar-refractivity contribution in [3.63, 3.8) is 0 Å². The van der Waals surface area contributed by atoms with Gasteiger partial charge in [-0.3, -0.25) is 4.79 Å². The van der Waals surface area contributed by atoms with Crippen LogP contribution in [0.1, 0.15) is 19.8 Å². The first-order chi connectivity index (χ1) is 9.31. The fraction of sp³-hybridized carbons (Fsp3) is 0.538. The highest BCUT2D eigenvalue weighted by atomic mass is 32.2. The number of hydrogen-bond donors (Lipinski definition) is 2. The molecule has 2 rings (SSSR count). The van der Waals surface area contributed by atoms with Crippen molar-refractivity contribution in [1.29, 1.82) is 0 Å². The van der Waals surface area contributed by atoms with E-state index >= 15 is 0 Å². The lowest BCUT2D eigenvalue weighted by Crippen LogP contribution is -2.42. The van der Waals surface area contributed by atoms with Crippen LogP contribution >= 0.6 is 0 Å². The van der Waals surface area contributed by atoms with Crippen molar-refractivity contribution in [3.05, 3.63) is 18.3 Å². The van der Waals surface area contributed by atoms with E-state index in [1.807, 2.05) is 6.92 Å². The van der Waals surface area contributed by atoms with E-state index in [9.17, 15) is 13.2 Å². The Bertz CT molecular complexity index is 590. The van der Waals surface area contributed by atoms with Crippen LogP contribution in [0, 0.1) is 5.41 Å². The second kappa shape index (κ2) is 5.49. The molecule has 0 atom stereocenters. The lowest BCUT2D eigenvalue weighted by molar-refractivity contribution is -0.126. The molecule has 20 heavy (non-hydrogen) atoms. The van der Waals surface area contributed by atoms with Crippen LogP contribution in [0.4, 0.5) is 5.69 Å². The van der Waals surface area contributed by atoms with Gasteiger partial charge in [0.05, 0.1) is 11.9 Å². The highest BCUT2D eigenvalue weighted by Crippen LogP contribution is 2.29. The van der Waals surface area contributed by atoms with E-state index in [4.69, 9.17) is 0 Å². The van der Waals surface area contributed by atoms with Gasteiger partial charge in [-0.25, -0.2) is 13.4 Å². The van der Waals surface area contributed by atoms with Crippen LogP contribution in [-0.4, -0.2) is 38.7 Å². The van der Waals surface area contributed by atoms with Crippen molar-refractivity contribution in [2.45, 2.75) is 24.8 Å². The summed E-state index contributed by atoms with van der Waals surface area (Å²) in [5, 5.41) is 6.03. The van der Waals surface area contributed by atoms with Gasteiger partial charge in [0, 0.05) is 11.7 Å². The van der Waals surface area contributed by atoms with Gasteiger partial charge in [-0.1, -0.05) is 6.92 Å². The number of nitrogens with zero attached hydrogens (tertiary/aromatic N) is 1. The normalized spacial score (nSPS) is 18.5. The van der Waals surface area contributed by atoms with E-state index in [0.29, 0.717) is 5.69 Å². The maximum absolute atomic E-state index is 12.3. The zero-order chi connectivity index (χ0) is 14.8. The number of anilines is 1. The number of rotatable bonds is 3. The van der Waals surface area contributed by atoms with Gasteiger partial charge in [-0.2, -0.15) is 0 Å². The summed E-state index contributed by atoms with van der Waals surface area (Å²) < 4.78 is 22.6. The number of amides is 1. The fourth-order valence-corrected chi connectivity index (χ4v) is 2.72. The lowest BCUT2D eigenvalue weighted by Gasteiger charge is -2.32. The van der Waals surface area contributed by atoms with Crippen molar-refractivity contribution in [1.82, 2.24) is 10.3 Å². The minimum atomic E-state index is -3.31. The predicted octanol–water partition coefficient (Wildman–Crippen LogP) is 0.813. The third kappa shape index (κ3) is 3.34. The van der Waals surface area contributed by atoms with Gasteiger partial charge in [-0.15, -0.1) is 0 Å². The Morgan fingerprint density at radius 3 is 2.50 bits per heavy atom. The molecule has 2 heterocycles. The third-order valence-corrected chi connectivity index (χ3v) is 4.63. The largest absolute Gasteiger partial charge is 0.324 e. The smallest absolute Gasteiger partial charge is 0.230 e.